The fourth-order valence-electron chi connectivity index (χ4n) is 3.69. The Labute approximate surface area is 181 Å². The van der Waals surface area contributed by atoms with Gasteiger partial charge < -0.3 is 29.9 Å². The lowest BCUT2D eigenvalue weighted by Gasteiger charge is -2.34. The molecule has 0 unspecified atom stereocenters. The molecule has 2 aromatic carbocycles. The molecule has 2 aliphatic rings. The summed E-state index contributed by atoms with van der Waals surface area (Å²) in [5.41, 5.74) is 4.03. The fraction of sp³-hybridized carbons (Fsp3) is 0.304. The lowest BCUT2D eigenvalue weighted by atomic mass is 10.2. The molecule has 0 atom stereocenters. The molecular formula is C23H26N6O2. The molecule has 0 bridgehead atoms. The number of nitrogens with one attached hydrogen (secondary N) is 2. The minimum Gasteiger partial charge on any atom is -0.454 e. The van der Waals surface area contributed by atoms with Crippen LogP contribution < -0.4 is 25.0 Å². The highest BCUT2D eigenvalue weighted by Crippen LogP contribution is 2.35. The van der Waals surface area contributed by atoms with Crippen LogP contribution in [-0.4, -0.2) is 54.9 Å². The summed E-state index contributed by atoms with van der Waals surface area (Å²) in [5, 5.41) is 6.65. The first-order valence-corrected chi connectivity index (χ1v) is 10.4. The van der Waals surface area contributed by atoms with Crippen molar-refractivity contribution >= 4 is 28.8 Å². The molecule has 0 saturated carbocycles. The molecule has 1 fully saturated rings. The first-order valence-electron chi connectivity index (χ1n) is 10.4. The Bertz CT molecular complexity index is 1060. The lowest BCUT2D eigenvalue weighted by Crippen LogP contribution is -2.44. The lowest BCUT2D eigenvalue weighted by molar-refractivity contribution is 0.174. The maximum Gasteiger partial charge on any atom is 0.231 e. The van der Waals surface area contributed by atoms with Gasteiger partial charge in [-0.2, -0.15) is 4.98 Å². The monoisotopic (exact) mass is 418 g/mol. The van der Waals surface area contributed by atoms with Crippen LogP contribution >= 0.6 is 0 Å². The van der Waals surface area contributed by atoms with Gasteiger partial charge in [0.1, 0.15) is 5.82 Å². The van der Waals surface area contributed by atoms with E-state index in [1.165, 1.54) is 5.69 Å². The number of hydrogen-bond acceptors (Lipinski definition) is 8. The van der Waals surface area contributed by atoms with Crippen LogP contribution in [0.2, 0.25) is 0 Å². The zero-order valence-electron chi connectivity index (χ0n) is 17.8. The average molecular weight is 419 g/mol. The number of aryl methyl sites for hydroxylation is 1. The van der Waals surface area contributed by atoms with Gasteiger partial charge in [-0.25, -0.2) is 4.98 Å². The summed E-state index contributed by atoms with van der Waals surface area (Å²) < 4.78 is 10.8. The van der Waals surface area contributed by atoms with Gasteiger partial charge in [0.25, 0.3) is 0 Å². The number of piperazine rings is 1. The summed E-state index contributed by atoms with van der Waals surface area (Å²) in [5.74, 6) is 2.77. The van der Waals surface area contributed by atoms with E-state index in [9.17, 15) is 0 Å². The third-order valence-electron chi connectivity index (χ3n) is 5.60. The standard InChI is InChI=1S/C23H26N6O2/c1-16-14-24-23(27-22(16)25-18-5-8-20-21(13-18)31-15-30-20)26-17-3-6-19(7-4-17)29-11-9-28(2)10-12-29/h3-8,13-14H,9-12,15H2,1-2H3,(H2,24,25,26,27). The van der Waals surface area contributed by atoms with Crippen LogP contribution in [0.25, 0.3) is 0 Å². The summed E-state index contributed by atoms with van der Waals surface area (Å²) in [4.78, 5) is 13.9. The third kappa shape index (κ3) is 4.34. The van der Waals surface area contributed by atoms with Crippen molar-refractivity contribution in [2.45, 2.75) is 6.92 Å². The summed E-state index contributed by atoms with van der Waals surface area (Å²) in [6, 6.07) is 14.2. The van der Waals surface area contributed by atoms with Crippen LogP contribution in [0.1, 0.15) is 5.56 Å². The first kappa shape index (κ1) is 19.4. The van der Waals surface area contributed by atoms with Gasteiger partial charge in [0, 0.05) is 61.1 Å². The molecule has 3 aromatic rings. The number of anilines is 5. The molecule has 8 nitrogen and oxygen atoms in total. The Morgan fingerprint density at radius 1 is 0.871 bits per heavy atom. The Kier molecular flexibility index (Phi) is 5.21. The smallest absolute Gasteiger partial charge is 0.231 e. The van der Waals surface area contributed by atoms with Gasteiger partial charge in [-0.05, 0) is 50.4 Å². The van der Waals surface area contributed by atoms with Crippen LogP contribution in [0.3, 0.4) is 0 Å². The van der Waals surface area contributed by atoms with Crippen molar-refractivity contribution in [3.05, 3.63) is 54.2 Å². The Morgan fingerprint density at radius 3 is 2.42 bits per heavy atom. The van der Waals surface area contributed by atoms with Crippen molar-refractivity contribution in [2.75, 3.05) is 55.6 Å². The third-order valence-corrected chi connectivity index (χ3v) is 5.60. The number of fused-ring (bicyclic) bond motifs is 1. The molecule has 160 valence electrons. The molecule has 31 heavy (non-hydrogen) atoms. The zero-order valence-corrected chi connectivity index (χ0v) is 17.8. The van der Waals surface area contributed by atoms with E-state index >= 15 is 0 Å². The van der Waals surface area contributed by atoms with Crippen LogP contribution in [0.5, 0.6) is 11.5 Å². The predicted octanol–water partition coefficient (Wildman–Crippen LogP) is 3.75. The first-order chi connectivity index (χ1) is 15.1. The van der Waals surface area contributed by atoms with Crippen molar-refractivity contribution in [1.29, 1.82) is 0 Å². The Balaban J connectivity index is 1.28. The topological polar surface area (TPSA) is 74.8 Å². The highest BCUT2D eigenvalue weighted by atomic mass is 16.7. The van der Waals surface area contributed by atoms with Gasteiger partial charge >= 0.3 is 0 Å². The molecule has 5 rings (SSSR count). The quantitative estimate of drug-likeness (QED) is 0.649. The molecular weight excluding hydrogens is 392 g/mol. The normalized spacial score (nSPS) is 15.7. The van der Waals surface area contributed by atoms with Crippen LogP contribution in [0.15, 0.2) is 48.7 Å². The van der Waals surface area contributed by atoms with E-state index in [0.29, 0.717) is 5.95 Å². The highest BCUT2D eigenvalue weighted by Gasteiger charge is 2.15. The fourth-order valence-corrected chi connectivity index (χ4v) is 3.69. The van der Waals surface area contributed by atoms with Gasteiger partial charge in [-0.3, -0.25) is 0 Å². The predicted molar refractivity (Wildman–Crippen MR) is 122 cm³/mol. The van der Waals surface area contributed by atoms with Crippen molar-refractivity contribution in [2.24, 2.45) is 0 Å². The van der Waals surface area contributed by atoms with Gasteiger partial charge in [-0.15, -0.1) is 0 Å². The molecule has 0 spiro atoms. The molecule has 0 radical (unpaired) electrons. The second-order valence-corrected chi connectivity index (χ2v) is 7.88. The van der Waals surface area contributed by atoms with Gasteiger partial charge in [0.2, 0.25) is 12.7 Å². The zero-order chi connectivity index (χ0) is 21.2. The second kappa shape index (κ2) is 8.31. The van der Waals surface area contributed by atoms with E-state index in [1.54, 1.807) is 0 Å². The number of ether oxygens (including phenoxy) is 2. The Morgan fingerprint density at radius 2 is 1.61 bits per heavy atom. The highest BCUT2D eigenvalue weighted by molar-refractivity contribution is 5.65. The van der Waals surface area contributed by atoms with E-state index in [2.05, 4.69) is 61.7 Å². The van der Waals surface area contributed by atoms with Crippen LogP contribution in [-0.2, 0) is 0 Å². The number of aromatic nitrogens is 2. The van der Waals surface area contributed by atoms with Gasteiger partial charge in [0.15, 0.2) is 11.5 Å². The number of benzene rings is 2. The van der Waals surface area contributed by atoms with E-state index in [-0.39, 0.29) is 6.79 Å². The van der Waals surface area contributed by atoms with Crippen molar-refractivity contribution in [3.63, 3.8) is 0 Å². The maximum atomic E-state index is 5.46. The molecule has 1 saturated heterocycles. The van der Waals surface area contributed by atoms with Crippen LogP contribution in [0, 0.1) is 6.92 Å². The minimum absolute atomic E-state index is 0.257. The number of likely N-dealkylation sites (N-methyl/N-ethyl adjacent to an activating group) is 1. The van der Waals surface area contributed by atoms with Crippen molar-refractivity contribution in [1.82, 2.24) is 14.9 Å². The summed E-state index contributed by atoms with van der Waals surface area (Å²) in [6.07, 6.45) is 1.81. The number of hydrogen-bond donors (Lipinski definition) is 2. The Hall–Kier alpha value is -3.52. The van der Waals surface area contributed by atoms with E-state index in [1.807, 2.05) is 31.3 Å². The number of rotatable bonds is 5. The molecule has 1 aromatic heterocycles. The van der Waals surface area contributed by atoms with Crippen molar-refractivity contribution < 1.29 is 9.47 Å². The summed E-state index contributed by atoms with van der Waals surface area (Å²) in [7, 11) is 2.17. The van der Waals surface area contributed by atoms with Crippen molar-refractivity contribution in [3.8, 4) is 11.5 Å². The summed E-state index contributed by atoms with van der Waals surface area (Å²) in [6.45, 7) is 6.53. The SMILES string of the molecule is Cc1cnc(Nc2ccc(N3CCN(C)CC3)cc2)nc1Nc1ccc2c(c1)OCO2. The van der Waals surface area contributed by atoms with E-state index < -0.39 is 0 Å². The van der Waals surface area contributed by atoms with E-state index in [4.69, 9.17) is 9.47 Å². The second-order valence-electron chi connectivity index (χ2n) is 7.88. The molecule has 2 N–H and O–H groups in total. The maximum absolute atomic E-state index is 5.46. The average Bonchev–Trinajstić information content (AvgIpc) is 3.25. The number of nitrogens with zero attached hydrogens (tertiary/aromatic N) is 4. The summed E-state index contributed by atoms with van der Waals surface area (Å²) >= 11 is 0. The molecule has 3 heterocycles. The minimum atomic E-state index is 0.257. The molecule has 0 aliphatic carbocycles. The largest absolute Gasteiger partial charge is 0.454 e. The molecule has 0 amide bonds. The molecule has 8 heteroatoms. The van der Waals surface area contributed by atoms with E-state index in [0.717, 1.165) is 60.4 Å². The van der Waals surface area contributed by atoms with Crippen LogP contribution in [0.4, 0.5) is 28.8 Å². The van der Waals surface area contributed by atoms with Gasteiger partial charge in [-0.1, -0.05) is 0 Å². The van der Waals surface area contributed by atoms with Gasteiger partial charge in [0.05, 0.1) is 0 Å². The molecule has 2 aliphatic heterocycles.